The number of carbonyl (C=O) groups excluding carboxylic acids is 1. The highest BCUT2D eigenvalue weighted by Gasteiger charge is 2.17. The summed E-state index contributed by atoms with van der Waals surface area (Å²) < 4.78 is 16.7. The Morgan fingerprint density at radius 2 is 1.94 bits per heavy atom. The number of carbonyl (C=O) groups is 1. The Morgan fingerprint density at radius 1 is 1.22 bits per heavy atom. The summed E-state index contributed by atoms with van der Waals surface area (Å²) in [6.07, 6.45) is 8.50. The Hall–Kier alpha value is -0.380. The molecule has 1 aliphatic carbocycles. The highest BCUT2D eigenvalue weighted by Crippen LogP contribution is 2.25. The molecular formula is C14H26O3S. The third kappa shape index (κ3) is 7.14. The number of esters is 1. The molecule has 1 aliphatic rings. The van der Waals surface area contributed by atoms with E-state index in [1.807, 2.05) is 6.92 Å². The first-order chi connectivity index (χ1) is 8.72. The molecule has 0 aromatic carbocycles. The lowest BCUT2D eigenvalue weighted by Crippen LogP contribution is -2.10. The van der Waals surface area contributed by atoms with Crippen LogP contribution in [0.2, 0.25) is 0 Å². The van der Waals surface area contributed by atoms with Gasteiger partial charge in [-0.25, -0.2) is 0 Å². The van der Waals surface area contributed by atoms with Gasteiger partial charge in [0.15, 0.2) is 0 Å². The van der Waals surface area contributed by atoms with Crippen molar-refractivity contribution in [3.8, 4) is 0 Å². The van der Waals surface area contributed by atoms with Gasteiger partial charge in [0.2, 0.25) is 0 Å². The van der Waals surface area contributed by atoms with Crippen molar-refractivity contribution in [1.82, 2.24) is 0 Å². The van der Waals surface area contributed by atoms with E-state index < -0.39 is 10.8 Å². The number of hydrogen-bond donors (Lipinski definition) is 0. The van der Waals surface area contributed by atoms with Crippen molar-refractivity contribution in [3.63, 3.8) is 0 Å². The van der Waals surface area contributed by atoms with Crippen LogP contribution in [0, 0.1) is 5.92 Å². The molecule has 0 aromatic heterocycles. The molecule has 0 bridgehead atoms. The largest absolute Gasteiger partial charge is 0.466 e. The van der Waals surface area contributed by atoms with Gasteiger partial charge in [-0.1, -0.05) is 19.3 Å². The van der Waals surface area contributed by atoms with E-state index in [1.54, 1.807) is 0 Å². The molecular weight excluding hydrogens is 248 g/mol. The topological polar surface area (TPSA) is 43.4 Å². The summed E-state index contributed by atoms with van der Waals surface area (Å²) in [4.78, 5) is 11.1. The zero-order chi connectivity index (χ0) is 13.2. The van der Waals surface area contributed by atoms with Crippen molar-refractivity contribution < 1.29 is 13.7 Å². The third-order valence-corrected chi connectivity index (χ3v) is 5.04. The maximum absolute atomic E-state index is 11.8. The van der Waals surface area contributed by atoms with E-state index >= 15 is 0 Å². The predicted molar refractivity (Wildman–Crippen MR) is 74.9 cm³/mol. The van der Waals surface area contributed by atoms with Crippen LogP contribution >= 0.6 is 0 Å². The van der Waals surface area contributed by atoms with E-state index in [9.17, 15) is 9.00 Å². The van der Waals surface area contributed by atoms with Gasteiger partial charge in [0, 0.05) is 28.7 Å². The lowest BCUT2D eigenvalue weighted by atomic mass is 10.1. The molecule has 3 nitrogen and oxygen atoms in total. The van der Waals surface area contributed by atoms with Crippen molar-refractivity contribution in [1.29, 1.82) is 0 Å². The minimum Gasteiger partial charge on any atom is -0.466 e. The van der Waals surface area contributed by atoms with Crippen LogP contribution in [-0.4, -0.2) is 28.3 Å². The van der Waals surface area contributed by atoms with Crippen molar-refractivity contribution in [3.05, 3.63) is 0 Å². The van der Waals surface area contributed by atoms with Gasteiger partial charge in [0.05, 0.1) is 6.61 Å². The van der Waals surface area contributed by atoms with Crippen LogP contribution in [0.5, 0.6) is 0 Å². The lowest BCUT2D eigenvalue weighted by Gasteiger charge is -2.08. The SMILES string of the molecule is CCOC(=O)CCCCCS(=O)CC1CCCC1. The molecule has 0 saturated heterocycles. The Morgan fingerprint density at radius 3 is 2.61 bits per heavy atom. The number of rotatable bonds is 9. The first-order valence-corrected chi connectivity index (χ1v) is 8.71. The molecule has 0 amide bonds. The number of unbranched alkanes of at least 4 members (excludes halogenated alkanes) is 2. The number of hydrogen-bond acceptors (Lipinski definition) is 3. The fraction of sp³-hybridized carbons (Fsp3) is 0.929. The predicted octanol–water partition coefficient (Wildman–Crippen LogP) is 3.05. The quantitative estimate of drug-likeness (QED) is 0.479. The van der Waals surface area contributed by atoms with Crippen LogP contribution in [0.4, 0.5) is 0 Å². The summed E-state index contributed by atoms with van der Waals surface area (Å²) in [6.45, 7) is 2.29. The van der Waals surface area contributed by atoms with Crippen LogP contribution in [0.1, 0.15) is 58.3 Å². The highest BCUT2D eigenvalue weighted by atomic mass is 32.2. The van der Waals surface area contributed by atoms with E-state index in [4.69, 9.17) is 4.74 Å². The molecule has 1 atom stereocenters. The monoisotopic (exact) mass is 274 g/mol. The van der Waals surface area contributed by atoms with E-state index in [1.165, 1.54) is 25.7 Å². The van der Waals surface area contributed by atoms with E-state index in [2.05, 4.69) is 0 Å². The fourth-order valence-electron chi connectivity index (χ4n) is 2.47. The summed E-state index contributed by atoms with van der Waals surface area (Å²) in [5.74, 6) is 2.31. The minimum atomic E-state index is -0.644. The molecule has 4 heteroatoms. The third-order valence-electron chi connectivity index (χ3n) is 3.45. The van der Waals surface area contributed by atoms with Crippen LogP contribution < -0.4 is 0 Å². The van der Waals surface area contributed by atoms with Gasteiger partial charge in [-0.05, 0) is 38.5 Å². The molecule has 0 aromatic rings. The molecule has 1 fully saturated rings. The van der Waals surface area contributed by atoms with E-state index in [0.29, 0.717) is 18.9 Å². The molecule has 0 aliphatic heterocycles. The Bertz CT molecular complexity index is 260. The average molecular weight is 274 g/mol. The molecule has 0 heterocycles. The van der Waals surface area contributed by atoms with Gasteiger partial charge in [-0.2, -0.15) is 0 Å². The first kappa shape index (κ1) is 15.7. The summed E-state index contributed by atoms with van der Waals surface area (Å²) in [5, 5.41) is 0. The highest BCUT2D eigenvalue weighted by molar-refractivity contribution is 7.84. The molecule has 18 heavy (non-hydrogen) atoms. The zero-order valence-electron chi connectivity index (χ0n) is 11.5. The second kappa shape index (κ2) is 9.54. The minimum absolute atomic E-state index is 0.107. The summed E-state index contributed by atoms with van der Waals surface area (Å²) in [5.41, 5.74) is 0. The zero-order valence-corrected chi connectivity index (χ0v) is 12.3. The van der Waals surface area contributed by atoms with Gasteiger partial charge in [0.25, 0.3) is 0 Å². The Kier molecular flexibility index (Phi) is 8.31. The smallest absolute Gasteiger partial charge is 0.305 e. The van der Waals surface area contributed by atoms with E-state index in [0.717, 1.165) is 30.8 Å². The van der Waals surface area contributed by atoms with Crippen LogP contribution in [0.15, 0.2) is 0 Å². The maximum atomic E-state index is 11.8. The molecule has 1 saturated carbocycles. The molecule has 0 radical (unpaired) electrons. The second-order valence-corrected chi connectivity index (χ2v) is 6.70. The van der Waals surface area contributed by atoms with Crippen molar-refractivity contribution in [2.45, 2.75) is 58.3 Å². The Balaban J connectivity index is 1.93. The Labute approximate surface area is 113 Å². The summed E-state index contributed by atoms with van der Waals surface area (Å²) >= 11 is 0. The molecule has 0 N–H and O–H groups in total. The summed E-state index contributed by atoms with van der Waals surface area (Å²) in [6, 6.07) is 0. The van der Waals surface area contributed by atoms with Crippen LogP contribution in [0.25, 0.3) is 0 Å². The number of ether oxygens (including phenoxy) is 1. The second-order valence-electron chi connectivity index (χ2n) is 5.08. The van der Waals surface area contributed by atoms with Gasteiger partial charge in [-0.15, -0.1) is 0 Å². The first-order valence-electron chi connectivity index (χ1n) is 7.23. The lowest BCUT2D eigenvalue weighted by molar-refractivity contribution is -0.143. The van der Waals surface area contributed by atoms with Crippen molar-refractivity contribution >= 4 is 16.8 Å². The van der Waals surface area contributed by atoms with Gasteiger partial charge in [0.1, 0.15) is 0 Å². The summed E-state index contributed by atoms with van der Waals surface area (Å²) in [7, 11) is -0.644. The van der Waals surface area contributed by atoms with Gasteiger partial charge < -0.3 is 4.74 Å². The molecule has 106 valence electrons. The van der Waals surface area contributed by atoms with E-state index in [-0.39, 0.29) is 5.97 Å². The maximum Gasteiger partial charge on any atom is 0.305 e. The molecule has 1 unspecified atom stereocenters. The molecule has 0 spiro atoms. The normalized spacial score (nSPS) is 17.8. The molecule has 1 rings (SSSR count). The van der Waals surface area contributed by atoms with Gasteiger partial charge in [-0.3, -0.25) is 9.00 Å². The van der Waals surface area contributed by atoms with Gasteiger partial charge >= 0.3 is 5.97 Å². The van der Waals surface area contributed by atoms with Crippen LogP contribution in [0.3, 0.4) is 0 Å². The van der Waals surface area contributed by atoms with Crippen molar-refractivity contribution in [2.75, 3.05) is 18.1 Å². The van der Waals surface area contributed by atoms with Crippen molar-refractivity contribution in [2.24, 2.45) is 5.92 Å². The fourth-order valence-corrected chi connectivity index (χ4v) is 4.02. The average Bonchev–Trinajstić information content (AvgIpc) is 2.81. The van der Waals surface area contributed by atoms with Crippen LogP contribution in [-0.2, 0) is 20.3 Å². The standard InChI is InChI=1S/C14H26O3S/c1-2-17-14(15)10-4-3-7-11-18(16)12-13-8-5-6-9-13/h13H,2-12H2,1H3.